The van der Waals surface area contributed by atoms with Crippen molar-refractivity contribution >= 4 is 40.3 Å². The van der Waals surface area contributed by atoms with Gasteiger partial charge in [-0.2, -0.15) is 5.26 Å². The van der Waals surface area contributed by atoms with Crippen LogP contribution >= 0.6 is 22.6 Å². The van der Waals surface area contributed by atoms with Crippen LogP contribution in [0.2, 0.25) is 0 Å². The van der Waals surface area contributed by atoms with E-state index in [1.165, 1.54) is 0 Å². The Morgan fingerprint density at radius 3 is 2.41 bits per heavy atom. The first-order chi connectivity index (χ1) is 15.4. The van der Waals surface area contributed by atoms with Crippen LogP contribution in [0, 0.1) is 28.7 Å². The van der Waals surface area contributed by atoms with Crippen LogP contribution in [-0.4, -0.2) is 13.0 Å². The van der Waals surface area contributed by atoms with E-state index in [9.17, 15) is 10.1 Å². The Labute approximate surface area is 201 Å². The van der Waals surface area contributed by atoms with Crippen LogP contribution in [0.15, 0.2) is 66.2 Å². The molecule has 0 spiro atoms. The van der Waals surface area contributed by atoms with Crippen molar-refractivity contribution in [2.45, 2.75) is 20.5 Å². The van der Waals surface area contributed by atoms with E-state index >= 15 is 0 Å². The molecule has 0 saturated carbocycles. The maximum absolute atomic E-state index is 12.8. The van der Waals surface area contributed by atoms with E-state index in [1.807, 2.05) is 74.5 Å². The minimum Gasteiger partial charge on any atom is -0.493 e. The number of para-hydroxylation sites is 1. The molecule has 0 unspecified atom stereocenters. The number of ether oxygens (including phenoxy) is 2. The number of carbonyl (C=O) groups is 1. The second-order valence-electron chi connectivity index (χ2n) is 7.20. The Morgan fingerprint density at radius 1 is 1.09 bits per heavy atom. The number of rotatable bonds is 7. The van der Waals surface area contributed by atoms with Crippen molar-refractivity contribution in [3.63, 3.8) is 0 Å². The molecule has 3 rings (SSSR count). The van der Waals surface area contributed by atoms with Gasteiger partial charge >= 0.3 is 0 Å². The maximum atomic E-state index is 12.8. The highest BCUT2D eigenvalue weighted by atomic mass is 127. The molecule has 162 valence electrons. The number of halogens is 1. The predicted molar refractivity (Wildman–Crippen MR) is 135 cm³/mol. The zero-order chi connectivity index (χ0) is 23.1. The summed E-state index contributed by atoms with van der Waals surface area (Å²) in [7, 11) is 1.56. The van der Waals surface area contributed by atoms with Gasteiger partial charge in [0.1, 0.15) is 18.2 Å². The Morgan fingerprint density at radius 2 is 1.78 bits per heavy atom. The number of nitriles is 1. The monoisotopic (exact) mass is 538 g/mol. The molecule has 0 heterocycles. The summed E-state index contributed by atoms with van der Waals surface area (Å²) in [6.07, 6.45) is 1.55. The van der Waals surface area contributed by atoms with E-state index in [0.29, 0.717) is 23.7 Å². The lowest BCUT2D eigenvalue weighted by Gasteiger charge is -2.14. The van der Waals surface area contributed by atoms with Crippen LogP contribution in [0.3, 0.4) is 0 Å². The van der Waals surface area contributed by atoms with Crippen LogP contribution in [0.1, 0.15) is 22.3 Å². The molecule has 0 aliphatic rings. The SMILES string of the molecule is COc1cc(/C=C(/C#N)C(=O)Nc2c(C)cccc2C)cc(I)c1OCc1ccccc1. The summed E-state index contributed by atoms with van der Waals surface area (Å²) in [5, 5.41) is 12.5. The maximum Gasteiger partial charge on any atom is 0.266 e. The van der Waals surface area contributed by atoms with Crippen LogP contribution < -0.4 is 14.8 Å². The Hall–Kier alpha value is -3.31. The molecule has 5 nitrogen and oxygen atoms in total. The van der Waals surface area contributed by atoms with Crippen molar-refractivity contribution in [2.75, 3.05) is 12.4 Å². The van der Waals surface area contributed by atoms with Gasteiger partial charge in [0.25, 0.3) is 5.91 Å². The number of methoxy groups -OCH3 is 1. The number of carbonyl (C=O) groups excluding carboxylic acids is 1. The Kier molecular flexibility index (Phi) is 7.90. The minimum absolute atomic E-state index is 0.00320. The van der Waals surface area contributed by atoms with Gasteiger partial charge in [-0.1, -0.05) is 48.5 Å². The fraction of sp³-hybridized carbons (Fsp3) is 0.154. The molecule has 1 N–H and O–H groups in total. The second-order valence-corrected chi connectivity index (χ2v) is 8.36. The van der Waals surface area contributed by atoms with Crippen LogP contribution in [0.25, 0.3) is 6.08 Å². The first kappa shape index (κ1) is 23.4. The molecule has 1 amide bonds. The third-order valence-electron chi connectivity index (χ3n) is 4.87. The van der Waals surface area contributed by atoms with Gasteiger partial charge in [0.2, 0.25) is 0 Å². The standard InChI is InChI=1S/C26H23IN2O3/c1-17-8-7-9-18(2)24(17)29-26(30)21(15-28)12-20-13-22(27)25(23(14-20)31-3)32-16-19-10-5-4-6-11-19/h4-14H,16H2,1-3H3,(H,29,30)/b21-12-. The van der Waals surface area contributed by atoms with E-state index in [2.05, 4.69) is 27.9 Å². The minimum atomic E-state index is -0.455. The molecule has 0 fully saturated rings. The molecular formula is C26H23IN2O3. The number of aryl methyl sites for hydroxylation is 2. The summed E-state index contributed by atoms with van der Waals surface area (Å²) in [5.41, 5.74) is 4.31. The van der Waals surface area contributed by atoms with Crippen LogP contribution in [-0.2, 0) is 11.4 Å². The molecule has 6 heteroatoms. The fourth-order valence-electron chi connectivity index (χ4n) is 3.20. The fourth-order valence-corrected chi connectivity index (χ4v) is 3.98. The van der Waals surface area contributed by atoms with E-state index in [4.69, 9.17) is 9.47 Å². The second kappa shape index (κ2) is 10.8. The topological polar surface area (TPSA) is 71.3 Å². The van der Waals surface area contributed by atoms with Crippen molar-refractivity contribution < 1.29 is 14.3 Å². The number of benzene rings is 3. The average molecular weight is 538 g/mol. The molecule has 0 atom stereocenters. The van der Waals surface area contributed by atoms with Crippen molar-refractivity contribution in [3.8, 4) is 17.6 Å². The van der Waals surface area contributed by atoms with Crippen molar-refractivity contribution in [1.82, 2.24) is 0 Å². The number of hydrogen-bond acceptors (Lipinski definition) is 4. The van der Waals surface area contributed by atoms with Gasteiger partial charge in [-0.25, -0.2) is 0 Å². The van der Waals surface area contributed by atoms with Crippen molar-refractivity contribution in [3.05, 3.63) is 92.1 Å². The smallest absolute Gasteiger partial charge is 0.266 e. The molecule has 0 aliphatic heterocycles. The third-order valence-corrected chi connectivity index (χ3v) is 5.67. The van der Waals surface area contributed by atoms with Crippen molar-refractivity contribution in [1.29, 1.82) is 5.26 Å². The normalized spacial score (nSPS) is 10.9. The van der Waals surface area contributed by atoms with Gasteiger partial charge in [-0.15, -0.1) is 0 Å². The summed E-state index contributed by atoms with van der Waals surface area (Å²) in [6, 6.07) is 21.2. The Balaban J connectivity index is 1.85. The number of amides is 1. The quantitative estimate of drug-likeness (QED) is 0.226. The molecule has 32 heavy (non-hydrogen) atoms. The van der Waals surface area contributed by atoms with Crippen LogP contribution in [0.4, 0.5) is 5.69 Å². The predicted octanol–water partition coefficient (Wildman–Crippen LogP) is 6.04. The van der Waals surface area contributed by atoms with Gasteiger partial charge in [0, 0.05) is 5.69 Å². The molecule has 0 bridgehead atoms. The molecule has 0 radical (unpaired) electrons. The molecule has 3 aromatic carbocycles. The van der Waals surface area contributed by atoms with E-state index in [-0.39, 0.29) is 5.57 Å². The first-order valence-corrected chi connectivity index (χ1v) is 11.0. The molecule has 3 aromatic rings. The van der Waals surface area contributed by atoms with Crippen LogP contribution in [0.5, 0.6) is 11.5 Å². The van der Waals surface area contributed by atoms with Gasteiger partial charge in [0.05, 0.1) is 10.7 Å². The third kappa shape index (κ3) is 5.68. The first-order valence-electron chi connectivity index (χ1n) is 9.96. The summed E-state index contributed by atoms with van der Waals surface area (Å²) in [6.45, 7) is 4.24. The van der Waals surface area contributed by atoms with E-state index in [1.54, 1.807) is 19.3 Å². The van der Waals surface area contributed by atoms with Gasteiger partial charge in [0.15, 0.2) is 11.5 Å². The lowest BCUT2D eigenvalue weighted by atomic mass is 10.1. The summed E-state index contributed by atoms with van der Waals surface area (Å²) in [4.78, 5) is 12.8. The molecule has 0 saturated heterocycles. The molecular weight excluding hydrogens is 515 g/mol. The van der Waals surface area contributed by atoms with E-state index in [0.717, 1.165) is 25.9 Å². The van der Waals surface area contributed by atoms with Gasteiger partial charge in [-0.05, 0) is 76.9 Å². The van der Waals surface area contributed by atoms with E-state index < -0.39 is 5.91 Å². The summed E-state index contributed by atoms with van der Waals surface area (Å²) in [5.74, 6) is 0.697. The highest BCUT2D eigenvalue weighted by Gasteiger charge is 2.15. The lowest BCUT2D eigenvalue weighted by molar-refractivity contribution is -0.112. The van der Waals surface area contributed by atoms with Gasteiger partial charge in [-0.3, -0.25) is 4.79 Å². The highest BCUT2D eigenvalue weighted by molar-refractivity contribution is 14.1. The number of nitrogens with one attached hydrogen (secondary N) is 1. The molecule has 0 aromatic heterocycles. The lowest BCUT2D eigenvalue weighted by Crippen LogP contribution is -2.15. The van der Waals surface area contributed by atoms with Gasteiger partial charge < -0.3 is 14.8 Å². The summed E-state index contributed by atoms with van der Waals surface area (Å²) >= 11 is 2.16. The number of hydrogen-bond donors (Lipinski definition) is 1. The average Bonchev–Trinajstić information content (AvgIpc) is 2.79. The van der Waals surface area contributed by atoms with Crippen molar-refractivity contribution in [2.24, 2.45) is 0 Å². The largest absolute Gasteiger partial charge is 0.493 e. The zero-order valence-electron chi connectivity index (χ0n) is 18.1. The Bertz CT molecular complexity index is 1180. The highest BCUT2D eigenvalue weighted by Crippen LogP contribution is 2.35. The zero-order valence-corrected chi connectivity index (χ0v) is 20.3. The number of anilines is 1. The number of nitrogens with zero attached hydrogens (tertiary/aromatic N) is 1. The molecule has 0 aliphatic carbocycles. The summed E-state index contributed by atoms with van der Waals surface area (Å²) < 4.78 is 12.3.